The molecular formula is C50H46F2IInN8O4. The van der Waals surface area contributed by atoms with E-state index in [1.54, 1.807) is 75.0 Å². The van der Waals surface area contributed by atoms with Gasteiger partial charge in [-0.2, -0.15) is 21.0 Å². The van der Waals surface area contributed by atoms with Gasteiger partial charge in [-0.3, -0.25) is 0 Å². The van der Waals surface area contributed by atoms with Crippen molar-refractivity contribution in [3.8, 4) is 47.1 Å². The van der Waals surface area contributed by atoms with Gasteiger partial charge in [0, 0.05) is 58.9 Å². The molecule has 0 atom stereocenters. The van der Waals surface area contributed by atoms with E-state index < -0.39 is 17.9 Å². The molecule has 6 aromatic rings. The first kappa shape index (κ1) is 52.9. The second-order valence-electron chi connectivity index (χ2n) is 15.4. The molecule has 2 saturated heterocycles. The molecule has 8 rings (SSSR count). The van der Waals surface area contributed by atoms with Gasteiger partial charge in [0.05, 0.1) is 60.8 Å². The molecule has 16 heteroatoms. The Hall–Kier alpha value is -5.70. The monoisotopic (exact) mass is 1100 g/mol. The maximum absolute atomic E-state index is 13.6. The maximum atomic E-state index is 13.6. The van der Waals surface area contributed by atoms with Crippen molar-refractivity contribution in [2.24, 2.45) is 11.8 Å². The summed E-state index contributed by atoms with van der Waals surface area (Å²) in [6.45, 7) is 14.0. The molecule has 0 saturated carbocycles. The fourth-order valence-electron chi connectivity index (χ4n) is 6.14. The van der Waals surface area contributed by atoms with Gasteiger partial charge in [-0.1, -0.05) is 26.0 Å². The van der Waals surface area contributed by atoms with Gasteiger partial charge in [0.25, 0.3) is 0 Å². The zero-order chi connectivity index (χ0) is 48.2. The Morgan fingerprint density at radius 2 is 0.894 bits per heavy atom. The van der Waals surface area contributed by atoms with Gasteiger partial charge in [-0.15, -0.1) is 0 Å². The Bertz CT molecular complexity index is 2620. The molecule has 2 aliphatic rings. The van der Waals surface area contributed by atoms with Gasteiger partial charge in [0.15, 0.2) is 24.2 Å². The van der Waals surface area contributed by atoms with Gasteiger partial charge in [0.1, 0.15) is 23.8 Å². The van der Waals surface area contributed by atoms with Crippen molar-refractivity contribution >= 4 is 38.4 Å². The zero-order valence-electron chi connectivity index (χ0n) is 37.3. The van der Waals surface area contributed by atoms with Crippen molar-refractivity contribution in [3.05, 3.63) is 165 Å². The number of aryl methyl sites for hydroxylation is 4. The van der Waals surface area contributed by atoms with Crippen LogP contribution in [-0.4, -0.2) is 66.6 Å². The summed E-state index contributed by atoms with van der Waals surface area (Å²) in [6.07, 6.45) is 6.11. The van der Waals surface area contributed by atoms with Crippen LogP contribution in [-0.2, 0) is 18.9 Å². The molecule has 0 amide bonds. The number of hydrogen-bond donors (Lipinski definition) is 0. The van der Waals surface area contributed by atoms with Crippen LogP contribution in [0.4, 0.5) is 8.78 Å². The number of aromatic nitrogens is 4. The summed E-state index contributed by atoms with van der Waals surface area (Å²) >= 11 is 3.60. The quantitative estimate of drug-likeness (QED) is 0.153. The van der Waals surface area contributed by atoms with Crippen LogP contribution in [0.5, 0.6) is 0 Å². The fraction of sp³-hybridized carbons (Fsp3) is 0.280. The minimum atomic E-state index is -0.535. The molecule has 2 aromatic heterocycles. The third-order valence-electron chi connectivity index (χ3n) is 9.63. The fourth-order valence-corrected chi connectivity index (χ4v) is 6.14. The van der Waals surface area contributed by atoms with Crippen molar-refractivity contribution in [3.63, 3.8) is 0 Å². The van der Waals surface area contributed by atoms with Crippen molar-refractivity contribution in [1.82, 2.24) is 19.9 Å². The molecule has 0 N–H and O–H groups in total. The first-order valence-corrected chi connectivity index (χ1v) is 30.1. The molecule has 2 radical (unpaired) electrons. The van der Waals surface area contributed by atoms with Crippen LogP contribution in [0.2, 0.25) is 0 Å². The van der Waals surface area contributed by atoms with Crippen LogP contribution < -0.4 is 0 Å². The third-order valence-corrected chi connectivity index (χ3v) is 9.63. The van der Waals surface area contributed by atoms with E-state index >= 15 is 0 Å². The van der Waals surface area contributed by atoms with Crippen molar-refractivity contribution in [1.29, 1.82) is 21.0 Å². The van der Waals surface area contributed by atoms with Crippen molar-refractivity contribution in [2.75, 3.05) is 26.4 Å². The number of hydrogen-bond acceptors (Lipinski definition) is 12. The molecule has 2 fully saturated rings. The number of nitrogens with zero attached hydrogens (tertiary/aromatic N) is 8. The van der Waals surface area contributed by atoms with E-state index in [-0.39, 0.29) is 17.4 Å². The Kier molecular flexibility index (Phi) is 21.7. The van der Waals surface area contributed by atoms with Gasteiger partial charge >= 0.3 is 38.4 Å². The molecule has 0 aliphatic carbocycles. The van der Waals surface area contributed by atoms with Gasteiger partial charge in [0.2, 0.25) is 0 Å². The molecule has 0 bridgehead atoms. The number of rotatable bonds is 4. The zero-order valence-corrected chi connectivity index (χ0v) is 42.8. The van der Waals surface area contributed by atoms with Crippen LogP contribution in [0.3, 0.4) is 0 Å². The standard InChI is InChI=1S/C13H10FN3.C13H14FNO2.C12H9N3.C12H13NO2.HI.In/c2*1-8-6-16-13(17-7-8)10-3-9(2)11(5-15)12(14)4-10;2*1-9-7-14-12(15-8-9)11-4-2-10(6-13)3-5-11;;/h3-4,6-7H,1-2H3;3-4,8,13H,6-7H2,1-2H3;2-5,7-8H,1H3;2-5,9,12H,7-8H2,1H3;1H;/q;;;;;+1/p-1. The van der Waals surface area contributed by atoms with Gasteiger partial charge < -0.3 is 18.9 Å². The van der Waals surface area contributed by atoms with Crippen LogP contribution in [0.1, 0.15) is 82.1 Å². The summed E-state index contributed by atoms with van der Waals surface area (Å²) in [5.74, 6) is 0.905. The van der Waals surface area contributed by atoms with E-state index in [1.807, 2.05) is 57.2 Å². The van der Waals surface area contributed by atoms with E-state index in [9.17, 15) is 8.78 Å². The average molecular weight is 1100 g/mol. The molecule has 4 aromatic carbocycles. The Labute approximate surface area is 408 Å². The Morgan fingerprint density at radius 3 is 1.29 bits per heavy atom. The molecule has 2 aliphatic heterocycles. The molecule has 0 unspecified atom stereocenters. The first-order chi connectivity index (χ1) is 31.8. The van der Waals surface area contributed by atoms with Crippen LogP contribution >= 0.6 is 18.1 Å². The Morgan fingerprint density at radius 1 is 0.515 bits per heavy atom. The summed E-state index contributed by atoms with van der Waals surface area (Å²) < 4.78 is 49.3. The number of halogens is 3. The summed E-state index contributed by atoms with van der Waals surface area (Å²) in [5.41, 5.74) is 7.74. The van der Waals surface area contributed by atoms with E-state index in [1.165, 1.54) is 32.4 Å². The SMILES string of the molecule is CC1COC(c2ccc(C#N)cc2)OC1.Cc1cc(C2OCC(C)CO2)cc(F)c1C#N.Cc1cnc(-c2cc(C)c(C#N)c(F)c2)nc1.Cc1cnc(-c2ccc(C#N)cc2)nc1.[In][I]. The Balaban J connectivity index is 0.000000190. The summed E-state index contributed by atoms with van der Waals surface area (Å²) in [6, 6.07) is 28.4. The molecule has 0 spiro atoms. The molecule has 12 nitrogen and oxygen atoms in total. The molecular weight excluding hydrogens is 1060 g/mol. The van der Waals surface area contributed by atoms with Gasteiger partial charge in [-0.25, -0.2) is 28.7 Å². The van der Waals surface area contributed by atoms with Crippen LogP contribution in [0, 0.1) is 96.5 Å². The number of benzene rings is 4. The first-order valence-electron chi connectivity index (χ1n) is 20.5. The second-order valence-corrected chi connectivity index (χ2v) is 15.4. The van der Waals surface area contributed by atoms with E-state index in [0.29, 0.717) is 70.1 Å². The van der Waals surface area contributed by atoms with E-state index in [4.69, 9.17) is 40.0 Å². The predicted octanol–water partition coefficient (Wildman–Crippen LogP) is 10.5. The number of ether oxygens (including phenoxy) is 4. The van der Waals surface area contributed by atoms with Crippen LogP contribution in [0.25, 0.3) is 22.8 Å². The molecule has 334 valence electrons. The second kappa shape index (κ2) is 27.1. The van der Waals surface area contributed by atoms with Gasteiger partial charge in [-0.05, 0) is 111 Å². The van der Waals surface area contributed by atoms with Crippen molar-refractivity contribution < 1.29 is 27.7 Å². The predicted molar refractivity (Wildman–Crippen MR) is 253 cm³/mol. The summed E-state index contributed by atoms with van der Waals surface area (Å²) in [4.78, 5) is 16.7. The normalized spacial score (nSPS) is 17.0. The van der Waals surface area contributed by atoms with E-state index in [2.05, 4.69) is 57.1 Å². The topological polar surface area (TPSA) is 184 Å². The molecule has 66 heavy (non-hydrogen) atoms. The third kappa shape index (κ3) is 15.7. The van der Waals surface area contributed by atoms with Crippen molar-refractivity contribution in [2.45, 2.75) is 54.1 Å². The average Bonchev–Trinajstić information content (AvgIpc) is 3.34. The minimum absolute atomic E-state index is 0.0702. The summed E-state index contributed by atoms with van der Waals surface area (Å²) in [7, 11) is 0. The van der Waals surface area contributed by atoms with Crippen LogP contribution in [0.15, 0.2) is 97.6 Å². The number of nitriles is 4. The summed E-state index contributed by atoms with van der Waals surface area (Å²) in [5, 5.41) is 34.9. The molecule has 4 heterocycles. The van der Waals surface area contributed by atoms with E-state index in [0.717, 1.165) is 35.5 Å².